The number of halogens is 3. The van der Waals surface area contributed by atoms with Crippen LogP contribution in [0.1, 0.15) is 44.6 Å². The van der Waals surface area contributed by atoms with Crippen molar-refractivity contribution in [3.05, 3.63) is 54.4 Å². The van der Waals surface area contributed by atoms with Crippen molar-refractivity contribution in [2.24, 2.45) is 5.92 Å². The van der Waals surface area contributed by atoms with Crippen molar-refractivity contribution in [3.8, 4) is 5.75 Å². The zero-order valence-electron chi connectivity index (χ0n) is 22.6. The Hall–Kier alpha value is -3.27. The lowest BCUT2D eigenvalue weighted by atomic mass is 9.82. The van der Waals surface area contributed by atoms with Gasteiger partial charge in [0.2, 0.25) is 10.0 Å². The van der Waals surface area contributed by atoms with Crippen molar-refractivity contribution in [2.45, 2.75) is 68.8 Å². The normalized spacial score (nSPS) is 18.1. The van der Waals surface area contributed by atoms with Crippen molar-refractivity contribution in [1.29, 1.82) is 0 Å². The highest BCUT2D eigenvalue weighted by atomic mass is 32.2. The van der Waals surface area contributed by atoms with Gasteiger partial charge in [-0.2, -0.15) is 17.5 Å². The quantitative estimate of drug-likeness (QED) is 0.256. The lowest BCUT2D eigenvalue weighted by Crippen LogP contribution is -2.53. The molecule has 1 aliphatic carbocycles. The lowest BCUT2D eigenvalue weighted by molar-refractivity contribution is -0.192. The Morgan fingerprint density at radius 2 is 1.66 bits per heavy atom. The molecule has 0 unspecified atom stereocenters. The number of carbonyl (C=O) groups is 2. The summed E-state index contributed by atoms with van der Waals surface area (Å²) in [5.41, 5.74) is 2.39. The Kier molecular flexibility index (Phi) is 13.0. The summed E-state index contributed by atoms with van der Waals surface area (Å²) in [6.07, 6.45) is 1.76. The van der Waals surface area contributed by atoms with Gasteiger partial charge in [-0.1, -0.05) is 6.92 Å². The first kappa shape index (κ1) is 33.9. The highest BCUT2D eigenvalue weighted by Crippen LogP contribution is 2.34. The van der Waals surface area contributed by atoms with Crippen LogP contribution in [0.5, 0.6) is 5.75 Å². The lowest BCUT2D eigenvalue weighted by Gasteiger charge is -2.38. The molecule has 1 heterocycles. The highest BCUT2D eigenvalue weighted by molar-refractivity contribution is 7.89. The van der Waals surface area contributed by atoms with Gasteiger partial charge in [-0.3, -0.25) is 15.0 Å². The molecule has 41 heavy (non-hydrogen) atoms. The van der Waals surface area contributed by atoms with Gasteiger partial charge in [0.25, 0.3) is 5.91 Å². The highest BCUT2D eigenvalue weighted by Gasteiger charge is 2.42. The third-order valence-corrected chi connectivity index (χ3v) is 8.25. The number of aromatic nitrogens is 1. The van der Waals surface area contributed by atoms with E-state index >= 15 is 0 Å². The number of ether oxygens (including phenoxy) is 2. The van der Waals surface area contributed by atoms with E-state index in [1.807, 2.05) is 6.92 Å². The summed E-state index contributed by atoms with van der Waals surface area (Å²) < 4.78 is 71.6. The van der Waals surface area contributed by atoms with E-state index in [9.17, 15) is 31.6 Å². The molecular formula is C26H34F3N3O8S. The van der Waals surface area contributed by atoms with Gasteiger partial charge in [-0.05, 0) is 80.0 Å². The van der Waals surface area contributed by atoms with Gasteiger partial charge in [-0.15, -0.1) is 0 Å². The summed E-state index contributed by atoms with van der Waals surface area (Å²) in [4.78, 5) is 25.9. The maximum absolute atomic E-state index is 13.8. The SMILES string of the molecule is CCCO[C@H]1CC[C@H]([C@@H](C(=O)NO)N(Cc2ccncc2)S(=O)(=O)c2ccc(OC)cc2)CC1.O=C(O)C(F)(F)F. The molecule has 0 saturated heterocycles. The van der Waals surface area contributed by atoms with E-state index in [1.54, 1.807) is 42.1 Å². The molecule has 1 aliphatic rings. The second kappa shape index (κ2) is 15.7. The largest absolute Gasteiger partial charge is 0.497 e. The van der Waals surface area contributed by atoms with Crippen molar-refractivity contribution in [2.75, 3.05) is 13.7 Å². The van der Waals surface area contributed by atoms with E-state index in [0.29, 0.717) is 30.8 Å². The zero-order chi connectivity index (χ0) is 30.6. The summed E-state index contributed by atoms with van der Waals surface area (Å²) in [6.45, 7) is 2.69. The second-order valence-corrected chi connectivity index (χ2v) is 11.1. The van der Waals surface area contributed by atoms with Gasteiger partial charge in [0.05, 0.1) is 18.1 Å². The van der Waals surface area contributed by atoms with Crippen LogP contribution in [0.3, 0.4) is 0 Å². The molecule has 3 rings (SSSR count). The van der Waals surface area contributed by atoms with Crippen LogP contribution in [0.25, 0.3) is 0 Å². The number of nitrogens with zero attached hydrogens (tertiary/aromatic N) is 2. The van der Waals surface area contributed by atoms with Crippen molar-refractivity contribution in [1.82, 2.24) is 14.8 Å². The number of hydrogen-bond donors (Lipinski definition) is 3. The summed E-state index contributed by atoms with van der Waals surface area (Å²) in [5, 5.41) is 16.7. The fourth-order valence-electron chi connectivity index (χ4n) is 4.39. The summed E-state index contributed by atoms with van der Waals surface area (Å²) in [5.74, 6) is -3.25. The van der Waals surface area contributed by atoms with Gasteiger partial charge < -0.3 is 14.6 Å². The number of rotatable bonds is 11. The van der Waals surface area contributed by atoms with Gasteiger partial charge in [0.1, 0.15) is 11.8 Å². The van der Waals surface area contributed by atoms with Gasteiger partial charge in [-0.25, -0.2) is 18.7 Å². The van der Waals surface area contributed by atoms with E-state index < -0.39 is 34.1 Å². The number of methoxy groups -OCH3 is 1. The van der Waals surface area contributed by atoms with Crippen LogP contribution >= 0.6 is 0 Å². The molecule has 1 fully saturated rings. The molecule has 0 bridgehead atoms. The Labute approximate surface area is 236 Å². The molecule has 2 aromatic rings. The molecule has 1 aromatic carbocycles. The first-order chi connectivity index (χ1) is 19.3. The number of nitrogens with one attached hydrogen (secondary N) is 1. The molecule has 1 aromatic heterocycles. The van der Waals surface area contributed by atoms with Crippen LogP contribution in [0, 0.1) is 5.92 Å². The first-order valence-electron chi connectivity index (χ1n) is 12.8. The number of hydroxylamine groups is 1. The minimum Gasteiger partial charge on any atom is -0.497 e. The molecule has 15 heteroatoms. The summed E-state index contributed by atoms with van der Waals surface area (Å²) in [6, 6.07) is 8.37. The number of pyridine rings is 1. The number of amides is 1. The van der Waals surface area contributed by atoms with Crippen LogP contribution in [0.15, 0.2) is 53.7 Å². The van der Waals surface area contributed by atoms with Crippen LogP contribution < -0.4 is 10.2 Å². The first-order valence-corrected chi connectivity index (χ1v) is 14.2. The molecule has 0 spiro atoms. The van der Waals surface area contributed by atoms with E-state index in [-0.39, 0.29) is 23.5 Å². The number of carboxylic acid groups (broad SMARTS) is 1. The number of carbonyl (C=O) groups excluding carboxylic acids is 1. The second-order valence-electron chi connectivity index (χ2n) is 9.21. The van der Waals surface area contributed by atoms with Crippen LogP contribution in [0.2, 0.25) is 0 Å². The Morgan fingerprint density at radius 1 is 1.10 bits per heavy atom. The number of sulfonamides is 1. The number of carboxylic acids is 1. The monoisotopic (exact) mass is 605 g/mol. The third-order valence-electron chi connectivity index (χ3n) is 6.41. The smallest absolute Gasteiger partial charge is 0.490 e. The Morgan fingerprint density at radius 3 is 2.12 bits per heavy atom. The van der Waals surface area contributed by atoms with Gasteiger partial charge in [0, 0.05) is 25.5 Å². The average molecular weight is 606 g/mol. The van der Waals surface area contributed by atoms with Gasteiger partial charge in [0.15, 0.2) is 0 Å². The maximum atomic E-state index is 13.8. The number of hydrogen-bond acceptors (Lipinski definition) is 8. The van der Waals surface area contributed by atoms with Crippen molar-refractivity contribution < 1.29 is 51.0 Å². The minimum absolute atomic E-state index is 0.0399. The topological polar surface area (TPSA) is 155 Å². The van der Waals surface area contributed by atoms with E-state index in [0.717, 1.165) is 19.3 Å². The zero-order valence-corrected chi connectivity index (χ0v) is 23.4. The van der Waals surface area contributed by atoms with E-state index in [4.69, 9.17) is 19.4 Å². The average Bonchev–Trinajstić information content (AvgIpc) is 2.96. The molecule has 0 radical (unpaired) electrons. The van der Waals surface area contributed by atoms with Crippen LogP contribution in [0.4, 0.5) is 13.2 Å². The fourth-order valence-corrected chi connectivity index (χ4v) is 6.02. The Balaban J connectivity index is 0.000000745. The number of benzene rings is 1. The minimum atomic E-state index is -5.08. The molecule has 228 valence electrons. The fraction of sp³-hybridized carbons (Fsp3) is 0.500. The van der Waals surface area contributed by atoms with Crippen molar-refractivity contribution >= 4 is 21.9 Å². The molecule has 11 nitrogen and oxygen atoms in total. The molecule has 1 saturated carbocycles. The molecule has 1 atom stereocenters. The summed E-state index contributed by atoms with van der Waals surface area (Å²) in [7, 11) is -2.60. The van der Waals surface area contributed by atoms with Crippen LogP contribution in [-0.2, 0) is 30.9 Å². The van der Waals surface area contributed by atoms with Crippen LogP contribution in [-0.4, -0.2) is 71.9 Å². The number of aliphatic carboxylic acids is 1. The maximum Gasteiger partial charge on any atom is 0.490 e. The van der Waals surface area contributed by atoms with E-state index in [1.165, 1.54) is 23.5 Å². The van der Waals surface area contributed by atoms with E-state index in [2.05, 4.69) is 4.98 Å². The third kappa shape index (κ3) is 9.95. The number of alkyl halides is 3. The predicted octanol–water partition coefficient (Wildman–Crippen LogP) is 3.77. The molecule has 1 amide bonds. The summed E-state index contributed by atoms with van der Waals surface area (Å²) >= 11 is 0. The molecule has 3 N–H and O–H groups in total. The van der Waals surface area contributed by atoms with Crippen molar-refractivity contribution in [3.63, 3.8) is 0 Å². The molecular weight excluding hydrogens is 571 g/mol. The Bertz CT molecular complexity index is 1210. The standard InChI is InChI=1S/C24H33N3O6S.C2HF3O2/c1-3-16-33-21-6-4-19(5-7-21)23(24(28)26-29)27(17-18-12-14-25-15-13-18)34(30,31)22-10-8-20(32-2)9-11-22;3-2(4,5)1(6)7/h8-15,19,21,23,29H,3-7,16-17H2,1-2H3,(H,26,28);(H,6,7)/t19-,21-,23-;/m0./s1. The van der Waals surface area contributed by atoms with Gasteiger partial charge >= 0.3 is 12.1 Å². The predicted molar refractivity (Wildman–Crippen MR) is 139 cm³/mol. The molecule has 0 aliphatic heterocycles.